The van der Waals surface area contributed by atoms with E-state index in [9.17, 15) is 0 Å². The predicted octanol–water partition coefficient (Wildman–Crippen LogP) is 3.01. The van der Waals surface area contributed by atoms with Crippen molar-refractivity contribution in [1.29, 1.82) is 0 Å². The van der Waals surface area contributed by atoms with Gasteiger partial charge in [-0.1, -0.05) is 24.6 Å². The standard InChI is InChI=1S/C12H16ClNO2/c1-4-10-11(14-15-3)8-5-7(2)6-9(13)12(8)16-10/h5-6,10-11,14H,4H2,1-3H3. The lowest BCUT2D eigenvalue weighted by Crippen LogP contribution is -2.29. The number of fused-ring (bicyclic) bond motifs is 1. The van der Waals surface area contributed by atoms with Crippen LogP contribution < -0.4 is 10.2 Å². The van der Waals surface area contributed by atoms with Crippen molar-refractivity contribution in [1.82, 2.24) is 5.48 Å². The molecule has 4 heteroatoms. The number of ether oxygens (including phenoxy) is 1. The van der Waals surface area contributed by atoms with Crippen LogP contribution in [0, 0.1) is 6.92 Å². The molecule has 0 aliphatic carbocycles. The summed E-state index contributed by atoms with van der Waals surface area (Å²) in [6.45, 7) is 4.11. The SMILES string of the molecule is CCC1Oc2c(Cl)cc(C)cc2C1NOC. The topological polar surface area (TPSA) is 30.5 Å². The van der Waals surface area contributed by atoms with Crippen LogP contribution in [0.5, 0.6) is 5.75 Å². The molecule has 1 heterocycles. The summed E-state index contributed by atoms with van der Waals surface area (Å²) in [5.41, 5.74) is 5.19. The number of hydrogen-bond donors (Lipinski definition) is 1. The van der Waals surface area contributed by atoms with E-state index in [2.05, 4.69) is 18.5 Å². The quantitative estimate of drug-likeness (QED) is 0.826. The third-order valence-corrected chi connectivity index (χ3v) is 3.12. The van der Waals surface area contributed by atoms with Crippen LogP contribution in [0.1, 0.15) is 30.5 Å². The summed E-state index contributed by atoms with van der Waals surface area (Å²) in [7, 11) is 1.61. The Kier molecular flexibility index (Phi) is 3.38. The highest BCUT2D eigenvalue weighted by Gasteiger charge is 2.34. The Morgan fingerprint density at radius 3 is 2.88 bits per heavy atom. The Labute approximate surface area is 101 Å². The lowest BCUT2D eigenvalue weighted by molar-refractivity contribution is 0.0283. The second-order valence-electron chi connectivity index (χ2n) is 4.03. The van der Waals surface area contributed by atoms with Gasteiger partial charge in [0.05, 0.1) is 18.2 Å². The molecule has 3 nitrogen and oxygen atoms in total. The lowest BCUT2D eigenvalue weighted by atomic mass is 10.0. The summed E-state index contributed by atoms with van der Waals surface area (Å²) in [6, 6.07) is 4.07. The van der Waals surface area contributed by atoms with Crippen LogP contribution in [0.15, 0.2) is 12.1 Å². The minimum Gasteiger partial charge on any atom is -0.486 e. The molecular formula is C12H16ClNO2. The van der Waals surface area contributed by atoms with Gasteiger partial charge in [0.15, 0.2) is 0 Å². The van der Waals surface area contributed by atoms with Crippen LogP contribution in [0.25, 0.3) is 0 Å². The number of aryl methyl sites for hydroxylation is 1. The molecule has 0 amide bonds. The summed E-state index contributed by atoms with van der Waals surface area (Å²) < 4.78 is 5.83. The van der Waals surface area contributed by atoms with Crippen molar-refractivity contribution in [3.8, 4) is 5.75 Å². The molecule has 2 atom stereocenters. The third-order valence-electron chi connectivity index (χ3n) is 2.84. The molecule has 1 aromatic rings. The average Bonchev–Trinajstić information content (AvgIpc) is 2.58. The van der Waals surface area contributed by atoms with E-state index in [0.29, 0.717) is 5.02 Å². The van der Waals surface area contributed by atoms with Crippen LogP contribution in [-0.2, 0) is 4.84 Å². The minimum atomic E-state index is 0.0578. The minimum absolute atomic E-state index is 0.0578. The van der Waals surface area contributed by atoms with Crippen LogP contribution in [0.3, 0.4) is 0 Å². The number of hydroxylamine groups is 1. The Morgan fingerprint density at radius 1 is 1.50 bits per heavy atom. The molecule has 16 heavy (non-hydrogen) atoms. The fraction of sp³-hybridized carbons (Fsp3) is 0.500. The average molecular weight is 242 g/mol. The number of benzene rings is 1. The normalized spacial score (nSPS) is 23.0. The highest BCUT2D eigenvalue weighted by molar-refractivity contribution is 6.32. The number of rotatable bonds is 3. The maximum Gasteiger partial charge on any atom is 0.143 e. The van der Waals surface area contributed by atoms with Crippen LogP contribution in [-0.4, -0.2) is 13.2 Å². The van der Waals surface area contributed by atoms with Crippen molar-refractivity contribution in [2.75, 3.05) is 7.11 Å². The van der Waals surface area contributed by atoms with Crippen molar-refractivity contribution in [3.05, 3.63) is 28.3 Å². The molecule has 0 fully saturated rings. The zero-order chi connectivity index (χ0) is 11.7. The molecule has 0 radical (unpaired) electrons. The van der Waals surface area contributed by atoms with Gasteiger partial charge < -0.3 is 9.57 Å². The maximum atomic E-state index is 6.17. The van der Waals surface area contributed by atoms with Crippen molar-refractivity contribution in [3.63, 3.8) is 0 Å². The van der Waals surface area contributed by atoms with Gasteiger partial charge in [-0.25, -0.2) is 0 Å². The smallest absolute Gasteiger partial charge is 0.143 e. The van der Waals surface area contributed by atoms with E-state index < -0.39 is 0 Å². The molecule has 0 spiro atoms. The largest absolute Gasteiger partial charge is 0.486 e. The van der Waals surface area contributed by atoms with Gasteiger partial charge in [0.1, 0.15) is 11.9 Å². The fourth-order valence-electron chi connectivity index (χ4n) is 2.12. The van der Waals surface area contributed by atoms with Gasteiger partial charge in [-0.15, -0.1) is 0 Å². The van der Waals surface area contributed by atoms with E-state index in [4.69, 9.17) is 21.2 Å². The molecule has 0 bridgehead atoms. The van der Waals surface area contributed by atoms with E-state index in [1.165, 1.54) is 0 Å². The monoisotopic (exact) mass is 241 g/mol. The molecule has 2 unspecified atom stereocenters. The van der Waals surface area contributed by atoms with Crippen LogP contribution in [0.2, 0.25) is 5.02 Å². The molecule has 1 aliphatic heterocycles. The lowest BCUT2D eigenvalue weighted by Gasteiger charge is -2.17. The molecular weight excluding hydrogens is 226 g/mol. The van der Waals surface area contributed by atoms with Gasteiger partial charge in [0.2, 0.25) is 0 Å². The highest BCUT2D eigenvalue weighted by Crippen LogP contribution is 2.43. The first-order valence-corrected chi connectivity index (χ1v) is 5.80. The second kappa shape index (κ2) is 4.62. The van der Waals surface area contributed by atoms with E-state index in [1.807, 2.05) is 13.0 Å². The molecule has 1 aliphatic rings. The van der Waals surface area contributed by atoms with Crippen molar-refractivity contribution in [2.24, 2.45) is 0 Å². The van der Waals surface area contributed by atoms with Gasteiger partial charge in [-0.2, -0.15) is 5.48 Å². The Morgan fingerprint density at radius 2 is 2.25 bits per heavy atom. The predicted molar refractivity (Wildman–Crippen MR) is 63.8 cm³/mol. The Balaban J connectivity index is 2.41. The van der Waals surface area contributed by atoms with Gasteiger partial charge in [-0.05, 0) is 25.0 Å². The second-order valence-corrected chi connectivity index (χ2v) is 4.44. The number of hydrogen-bond acceptors (Lipinski definition) is 3. The van der Waals surface area contributed by atoms with Gasteiger partial charge in [0.25, 0.3) is 0 Å². The molecule has 1 N–H and O–H groups in total. The summed E-state index contributed by atoms with van der Waals surface area (Å²) in [5.74, 6) is 0.786. The first-order chi connectivity index (χ1) is 7.67. The van der Waals surface area contributed by atoms with E-state index >= 15 is 0 Å². The van der Waals surface area contributed by atoms with E-state index in [-0.39, 0.29) is 12.1 Å². The Bertz CT molecular complexity index is 395. The van der Waals surface area contributed by atoms with E-state index in [1.54, 1.807) is 7.11 Å². The molecule has 0 saturated carbocycles. The summed E-state index contributed by atoms with van der Waals surface area (Å²) >= 11 is 6.17. The molecule has 88 valence electrons. The van der Waals surface area contributed by atoms with Gasteiger partial charge >= 0.3 is 0 Å². The van der Waals surface area contributed by atoms with Crippen molar-refractivity contribution >= 4 is 11.6 Å². The molecule has 0 saturated heterocycles. The van der Waals surface area contributed by atoms with Crippen LogP contribution in [0.4, 0.5) is 0 Å². The number of halogens is 1. The zero-order valence-electron chi connectivity index (χ0n) is 9.71. The van der Waals surface area contributed by atoms with Crippen LogP contribution >= 0.6 is 11.6 Å². The third kappa shape index (κ3) is 1.90. The van der Waals surface area contributed by atoms with Crippen molar-refractivity contribution < 1.29 is 9.57 Å². The number of nitrogens with one attached hydrogen (secondary N) is 1. The first kappa shape index (κ1) is 11.7. The molecule has 1 aromatic carbocycles. The summed E-state index contributed by atoms with van der Waals surface area (Å²) in [6.07, 6.45) is 0.986. The highest BCUT2D eigenvalue weighted by atomic mass is 35.5. The summed E-state index contributed by atoms with van der Waals surface area (Å²) in [5, 5.41) is 0.675. The molecule has 2 rings (SSSR count). The van der Waals surface area contributed by atoms with Gasteiger partial charge in [0, 0.05) is 5.56 Å². The van der Waals surface area contributed by atoms with E-state index in [0.717, 1.165) is 23.3 Å². The zero-order valence-corrected chi connectivity index (χ0v) is 10.5. The van der Waals surface area contributed by atoms with Crippen molar-refractivity contribution in [2.45, 2.75) is 32.4 Å². The first-order valence-electron chi connectivity index (χ1n) is 5.42. The van der Waals surface area contributed by atoms with Gasteiger partial charge in [-0.3, -0.25) is 0 Å². The maximum absolute atomic E-state index is 6.17. The Hall–Kier alpha value is -0.770. The summed E-state index contributed by atoms with van der Waals surface area (Å²) in [4.78, 5) is 5.02. The molecule has 0 aromatic heterocycles. The fourth-order valence-corrected chi connectivity index (χ4v) is 2.44.